The van der Waals surface area contributed by atoms with Crippen LogP contribution in [0.1, 0.15) is 10.6 Å². The summed E-state index contributed by atoms with van der Waals surface area (Å²) in [5, 5.41) is 12.7. The van der Waals surface area contributed by atoms with Gasteiger partial charge in [0.15, 0.2) is 5.16 Å². The van der Waals surface area contributed by atoms with Crippen molar-refractivity contribution in [1.82, 2.24) is 19.7 Å². The van der Waals surface area contributed by atoms with Crippen LogP contribution in [0.25, 0.3) is 11.3 Å². The maximum Gasteiger partial charge on any atom is 0.236 e. The first-order valence-electron chi connectivity index (χ1n) is 7.34. The van der Waals surface area contributed by atoms with Crippen molar-refractivity contribution in [2.24, 2.45) is 7.05 Å². The molecule has 8 heteroatoms. The van der Waals surface area contributed by atoms with E-state index in [1.54, 1.807) is 0 Å². The molecule has 6 nitrogen and oxygen atoms in total. The van der Waals surface area contributed by atoms with Crippen LogP contribution in [-0.2, 0) is 11.8 Å². The van der Waals surface area contributed by atoms with Gasteiger partial charge >= 0.3 is 0 Å². The van der Waals surface area contributed by atoms with E-state index >= 15 is 0 Å². The van der Waals surface area contributed by atoms with E-state index in [1.165, 1.54) is 28.7 Å². The second-order valence-electron chi connectivity index (χ2n) is 5.31. The third-order valence-electron chi connectivity index (χ3n) is 3.40. The Labute approximate surface area is 148 Å². The first kappa shape index (κ1) is 16.7. The van der Waals surface area contributed by atoms with Gasteiger partial charge < -0.3 is 4.57 Å². The number of hydrogen-bond acceptors (Lipinski definition) is 6. The Balaban J connectivity index is 1.63. The van der Waals surface area contributed by atoms with Gasteiger partial charge in [0.2, 0.25) is 11.0 Å². The van der Waals surface area contributed by atoms with E-state index in [1.807, 2.05) is 24.7 Å². The number of aromatic nitrogens is 4. The van der Waals surface area contributed by atoms with Crippen molar-refractivity contribution < 1.29 is 4.79 Å². The number of nitrogens with one attached hydrogen (secondary N) is 1. The molecule has 0 aliphatic rings. The topological polar surface area (TPSA) is 72.7 Å². The summed E-state index contributed by atoms with van der Waals surface area (Å²) in [7, 11) is 1.95. The average molecular weight is 359 g/mol. The lowest BCUT2D eigenvalue weighted by atomic mass is 10.1. The van der Waals surface area contributed by atoms with Crippen molar-refractivity contribution in [3.8, 4) is 11.3 Å². The number of amides is 1. The Kier molecular flexibility index (Phi) is 4.96. The number of hydrogen-bond donors (Lipinski definition) is 1. The Morgan fingerprint density at radius 2 is 2.00 bits per heavy atom. The van der Waals surface area contributed by atoms with Gasteiger partial charge in [-0.2, -0.15) is 0 Å². The van der Waals surface area contributed by atoms with Gasteiger partial charge in [-0.25, -0.2) is 4.98 Å². The van der Waals surface area contributed by atoms with Gasteiger partial charge in [0.05, 0.1) is 17.6 Å². The molecule has 0 saturated carbocycles. The number of aryl methyl sites for hydroxylation is 2. The normalized spacial score (nSPS) is 10.8. The van der Waals surface area contributed by atoms with Gasteiger partial charge in [0.25, 0.3) is 0 Å². The van der Waals surface area contributed by atoms with Crippen LogP contribution < -0.4 is 5.32 Å². The second kappa shape index (κ2) is 7.14. The number of anilines is 1. The monoisotopic (exact) mass is 359 g/mol. The third-order valence-corrected chi connectivity index (χ3v) is 5.20. The van der Waals surface area contributed by atoms with Crippen molar-refractivity contribution in [2.75, 3.05) is 11.1 Å². The van der Waals surface area contributed by atoms with Gasteiger partial charge in [0.1, 0.15) is 5.01 Å². The highest BCUT2D eigenvalue weighted by Gasteiger charge is 2.12. The molecule has 2 aromatic heterocycles. The molecule has 0 aliphatic heterocycles. The predicted molar refractivity (Wildman–Crippen MR) is 97.4 cm³/mol. The maximum absolute atomic E-state index is 12.0. The highest BCUT2D eigenvalue weighted by molar-refractivity contribution is 7.99. The molecule has 0 bridgehead atoms. The standard InChI is InChI=1S/C16H17N5OS2/c1-10-4-6-12(7-5-10)13-8-17-16(21(13)3)23-9-14(22)18-15-20-19-11(2)24-15/h4-8H,9H2,1-3H3,(H,18,20,22). The number of thioether (sulfide) groups is 1. The molecule has 3 aromatic rings. The number of carbonyl (C=O) groups excluding carboxylic acids is 1. The minimum absolute atomic E-state index is 0.115. The fourth-order valence-electron chi connectivity index (χ4n) is 2.15. The fraction of sp³-hybridized carbons (Fsp3) is 0.250. The highest BCUT2D eigenvalue weighted by atomic mass is 32.2. The van der Waals surface area contributed by atoms with Gasteiger partial charge in [0, 0.05) is 7.05 Å². The molecule has 1 N–H and O–H groups in total. The maximum atomic E-state index is 12.0. The van der Waals surface area contributed by atoms with Crippen molar-refractivity contribution in [3.63, 3.8) is 0 Å². The van der Waals surface area contributed by atoms with E-state index in [9.17, 15) is 4.79 Å². The van der Waals surface area contributed by atoms with Crippen LogP contribution in [0, 0.1) is 13.8 Å². The number of nitrogens with zero attached hydrogens (tertiary/aromatic N) is 4. The Morgan fingerprint density at radius 3 is 2.67 bits per heavy atom. The third kappa shape index (κ3) is 3.82. The SMILES string of the molecule is Cc1ccc(-c2cnc(SCC(=O)Nc3nnc(C)s3)n2C)cc1. The van der Waals surface area contributed by atoms with Crippen LogP contribution in [-0.4, -0.2) is 31.4 Å². The summed E-state index contributed by atoms with van der Waals surface area (Å²) in [6.45, 7) is 3.91. The Bertz CT molecular complexity index is 854. The average Bonchev–Trinajstić information content (AvgIpc) is 3.12. The molecule has 3 rings (SSSR count). The van der Waals surface area contributed by atoms with Gasteiger partial charge in [-0.3, -0.25) is 10.1 Å². The largest absolute Gasteiger partial charge is 0.322 e. The van der Waals surface area contributed by atoms with Crippen molar-refractivity contribution in [3.05, 3.63) is 41.0 Å². The van der Waals surface area contributed by atoms with E-state index < -0.39 is 0 Å². The predicted octanol–water partition coefficient (Wildman–Crippen LogP) is 3.29. The van der Waals surface area contributed by atoms with Gasteiger partial charge in [-0.1, -0.05) is 52.9 Å². The molecular weight excluding hydrogens is 342 g/mol. The van der Waals surface area contributed by atoms with Crippen LogP contribution in [0.5, 0.6) is 0 Å². The van der Waals surface area contributed by atoms with E-state index in [-0.39, 0.29) is 11.7 Å². The zero-order valence-electron chi connectivity index (χ0n) is 13.6. The van der Waals surface area contributed by atoms with Crippen LogP contribution in [0.3, 0.4) is 0 Å². The van der Waals surface area contributed by atoms with Crippen LogP contribution in [0.4, 0.5) is 5.13 Å². The van der Waals surface area contributed by atoms with Gasteiger partial charge in [-0.15, -0.1) is 10.2 Å². The molecule has 0 unspecified atom stereocenters. The molecule has 24 heavy (non-hydrogen) atoms. The first-order chi connectivity index (χ1) is 11.5. The summed E-state index contributed by atoms with van der Waals surface area (Å²) in [4.78, 5) is 16.4. The second-order valence-corrected chi connectivity index (χ2v) is 7.44. The smallest absolute Gasteiger partial charge is 0.236 e. The zero-order chi connectivity index (χ0) is 17.1. The number of rotatable bonds is 5. The lowest BCUT2D eigenvalue weighted by molar-refractivity contribution is -0.113. The van der Waals surface area contributed by atoms with Crippen LogP contribution in [0.15, 0.2) is 35.6 Å². The van der Waals surface area contributed by atoms with Crippen molar-refractivity contribution in [1.29, 1.82) is 0 Å². The molecular formula is C16H17N5OS2. The number of carbonyl (C=O) groups is 1. The quantitative estimate of drug-likeness (QED) is 0.708. The molecule has 1 aromatic carbocycles. The molecule has 2 heterocycles. The van der Waals surface area contributed by atoms with E-state index in [0.717, 1.165) is 21.4 Å². The van der Waals surface area contributed by atoms with Gasteiger partial charge in [-0.05, 0) is 19.4 Å². The minimum Gasteiger partial charge on any atom is -0.322 e. The highest BCUT2D eigenvalue weighted by Crippen LogP contribution is 2.25. The minimum atomic E-state index is -0.115. The summed E-state index contributed by atoms with van der Waals surface area (Å²) in [5.74, 6) is 0.160. The summed E-state index contributed by atoms with van der Waals surface area (Å²) in [6, 6.07) is 8.30. The van der Waals surface area contributed by atoms with E-state index in [2.05, 4.69) is 51.7 Å². The Morgan fingerprint density at radius 1 is 1.25 bits per heavy atom. The van der Waals surface area contributed by atoms with Crippen molar-refractivity contribution >= 4 is 34.1 Å². The first-order valence-corrected chi connectivity index (χ1v) is 9.14. The molecule has 0 atom stereocenters. The lowest BCUT2D eigenvalue weighted by Crippen LogP contribution is -2.14. The summed E-state index contributed by atoms with van der Waals surface area (Å²) in [5.41, 5.74) is 3.35. The molecule has 1 amide bonds. The van der Waals surface area contributed by atoms with E-state index in [0.29, 0.717) is 5.13 Å². The molecule has 124 valence electrons. The lowest BCUT2D eigenvalue weighted by Gasteiger charge is -2.06. The summed E-state index contributed by atoms with van der Waals surface area (Å²) in [6.07, 6.45) is 1.83. The molecule has 0 radical (unpaired) electrons. The fourth-order valence-corrected chi connectivity index (χ4v) is 3.51. The summed E-state index contributed by atoms with van der Waals surface area (Å²) < 4.78 is 2.00. The van der Waals surface area contributed by atoms with Crippen molar-refractivity contribution in [2.45, 2.75) is 19.0 Å². The molecule has 0 saturated heterocycles. The van der Waals surface area contributed by atoms with Crippen LogP contribution in [0.2, 0.25) is 0 Å². The number of benzene rings is 1. The molecule has 0 spiro atoms. The zero-order valence-corrected chi connectivity index (χ0v) is 15.2. The molecule has 0 fully saturated rings. The van der Waals surface area contributed by atoms with E-state index in [4.69, 9.17) is 0 Å². The summed E-state index contributed by atoms with van der Waals surface area (Å²) >= 11 is 2.76. The number of imidazole rings is 1. The molecule has 0 aliphatic carbocycles. The van der Waals surface area contributed by atoms with Crippen LogP contribution >= 0.6 is 23.1 Å². The Hall–Kier alpha value is -2.19.